The Labute approximate surface area is 169 Å². The summed E-state index contributed by atoms with van der Waals surface area (Å²) in [7, 11) is 0. The van der Waals surface area contributed by atoms with Gasteiger partial charge >= 0.3 is 0 Å². The van der Waals surface area contributed by atoms with Gasteiger partial charge < -0.3 is 9.47 Å². The summed E-state index contributed by atoms with van der Waals surface area (Å²) in [5.41, 5.74) is -3.88. The van der Waals surface area contributed by atoms with Crippen LogP contribution in [0.4, 0.5) is 4.39 Å². The first-order valence-electron chi connectivity index (χ1n) is 9.88. The number of rotatable bonds is 3. The zero-order chi connectivity index (χ0) is 20.9. The molecule has 1 aromatic carbocycles. The minimum atomic E-state index is -2.10. The van der Waals surface area contributed by atoms with Crippen LogP contribution in [-0.4, -0.2) is 11.7 Å². The van der Waals surface area contributed by atoms with Crippen molar-refractivity contribution >= 4 is 5.90 Å². The minimum absolute atomic E-state index is 0.0297. The Morgan fingerprint density at radius 2 is 1.93 bits per heavy atom. The molecule has 0 spiro atoms. The molecule has 4 rings (SSSR count). The first kappa shape index (κ1) is 19.4. The van der Waals surface area contributed by atoms with E-state index < -0.39 is 40.4 Å². The maximum absolute atomic E-state index is 14.7. The summed E-state index contributed by atoms with van der Waals surface area (Å²) in [6, 6.07) is 11.9. The third-order valence-electron chi connectivity index (χ3n) is 6.90. The van der Waals surface area contributed by atoms with Crippen LogP contribution in [0.15, 0.2) is 24.3 Å². The molecule has 148 valence electrons. The third kappa shape index (κ3) is 2.24. The zero-order valence-electron chi connectivity index (χ0n) is 16.1. The van der Waals surface area contributed by atoms with Crippen LogP contribution in [0.2, 0.25) is 0 Å². The second-order valence-electron chi connectivity index (χ2n) is 8.20. The van der Waals surface area contributed by atoms with Gasteiger partial charge in [-0.2, -0.15) is 15.8 Å². The number of halogens is 1. The van der Waals surface area contributed by atoms with Crippen molar-refractivity contribution in [3.63, 3.8) is 0 Å². The molecule has 2 heterocycles. The summed E-state index contributed by atoms with van der Waals surface area (Å²) in [4.78, 5) is 0. The van der Waals surface area contributed by atoms with Gasteiger partial charge in [-0.15, -0.1) is 0 Å². The van der Waals surface area contributed by atoms with Gasteiger partial charge in [0, 0.05) is 12.0 Å². The summed E-state index contributed by atoms with van der Waals surface area (Å²) in [5, 5.41) is 39.2. The van der Waals surface area contributed by atoms with E-state index in [-0.39, 0.29) is 5.56 Å². The molecule has 7 heteroatoms. The van der Waals surface area contributed by atoms with Crippen LogP contribution < -0.4 is 0 Å². The van der Waals surface area contributed by atoms with Crippen LogP contribution in [0.5, 0.6) is 0 Å². The van der Waals surface area contributed by atoms with Crippen molar-refractivity contribution in [2.75, 3.05) is 0 Å². The molecular formula is C22H21FN4O2. The molecule has 0 aromatic heterocycles. The van der Waals surface area contributed by atoms with E-state index in [4.69, 9.17) is 14.9 Å². The molecule has 2 saturated heterocycles. The van der Waals surface area contributed by atoms with E-state index in [1.54, 1.807) is 6.07 Å². The predicted octanol–water partition coefficient (Wildman–Crippen LogP) is 4.36. The van der Waals surface area contributed by atoms with Crippen LogP contribution >= 0.6 is 0 Å². The molecule has 3 aliphatic rings. The maximum Gasteiger partial charge on any atom is 0.217 e. The monoisotopic (exact) mass is 392 g/mol. The smallest absolute Gasteiger partial charge is 0.217 e. The molecule has 0 radical (unpaired) electrons. The highest BCUT2D eigenvalue weighted by Gasteiger charge is 2.81. The lowest BCUT2D eigenvalue weighted by molar-refractivity contribution is -0.299. The first-order chi connectivity index (χ1) is 13.9. The van der Waals surface area contributed by atoms with E-state index in [1.165, 1.54) is 18.2 Å². The van der Waals surface area contributed by atoms with Gasteiger partial charge in [-0.25, -0.2) is 4.39 Å². The number of nitriles is 3. The number of ether oxygens (including phenoxy) is 2. The maximum atomic E-state index is 14.7. The Hall–Kier alpha value is -2.95. The molecule has 29 heavy (non-hydrogen) atoms. The predicted molar refractivity (Wildman–Crippen MR) is 99.2 cm³/mol. The minimum Gasteiger partial charge on any atom is -0.447 e. The highest BCUT2D eigenvalue weighted by atomic mass is 19.1. The van der Waals surface area contributed by atoms with Crippen LogP contribution in [0.1, 0.15) is 50.7 Å². The fourth-order valence-corrected chi connectivity index (χ4v) is 5.55. The van der Waals surface area contributed by atoms with Gasteiger partial charge in [-0.1, -0.05) is 38.0 Å². The highest BCUT2D eigenvalue weighted by Crippen LogP contribution is 2.70. The van der Waals surface area contributed by atoms with E-state index in [2.05, 4.69) is 13.0 Å². The van der Waals surface area contributed by atoms with Gasteiger partial charge in [0.2, 0.25) is 17.1 Å². The molecule has 1 N–H and O–H groups in total. The zero-order valence-corrected chi connectivity index (χ0v) is 16.1. The lowest BCUT2D eigenvalue weighted by Gasteiger charge is -2.52. The van der Waals surface area contributed by atoms with Crippen molar-refractivity contribution in [1.29, 1.82) is 21.2 Å². The Morgan fingerprint density at radius 1 is 1.21 bits per heavy atom. The number of nitrogens with zero attached hydrogens (tertiary/aromatic N) is 3. The Bertz CT molecular complexity index is 976. The van der Waals surface area contributed by atoms with Crippen molar-refractivity contribution in [2.45, 2.75) is 50.9 Å². The van der Waals surface area contributed by atoms with Crippen LogP contribution in [0, 0.1) is 67.9 Å². The second-order valence-corrected chi connectivity index (χ2v) is 8.20. The summed E-state index contributed by atoms with van der Waals surface area (Å²) >= 11 is 0. The van der Waals surface area contributed by atoms with E-state index in [0.29, 0.717) is 18.8 Å². The third-order valence-corrected chi connectivity index (χ3v) is 6.90. The van der Waals surface area contributed by atoms with Gasteiger partial charge in [0.05, 0.1) is 24.1 Å². The molecule has 1 saturated carbocycles. The summed E-state index contributed by atoms with van der Waals surface area (Å²) in [5.74, 6) is -2.66. The number of hydrogen-bond acceptors (Lipinski definition) is 6. The van der Waals surface area contributed by atoms with Gasteiger partial charge in [-0.05, 0) is 24.8 Å². The fraction of sp³-hybridized carbons (Fsp3) is 0.545. The molecule has 5 unspecified atom stereocenters. The second kappa shape index (κ2) is 6.55. The highest BCUT2D eigenvalue weighted by molar-refractivity contribution is 5.89. The molecular weight excluding hydrogens is 371 g/mol. The molecule has 6 nitrogen and oxygen atoms in total. The average molecular weight is 392 g/mol. The SMILES string of the molecule is CCCC1CCC23OC(=N)C(C#N)(C2C1)C(C#N)(C#N)C(c1ccccc1F)O3. The summed E-state index contributed by atoms with van der Waals surface area (Å²) in [6.07, 6.45) is 2.34. The lowest BCUT2D eigenvalue weighted by Crippen LogP contribution is -2.61. The number of benzene rings is 1. The molecule has 5 atom stereocenters. The number of hydrogen-bond donors (Lipinski definition) is 1. The number of nitrogens with one attached hydrogen (secondary N) is 1. The van der Waals surface area contributed by atoms with Crippen LogP contribution in [0.25, 0.3) is 0 Å². The molecule has 0 amide bonds. The Balaban J connectivity index is 1.95. The Morgan fingerprint density at radius 3 is 2.55 bits per heavy atom. The quantitative estimate of drug-likeness (QED) is 0.821. The van der Waals surface area contributed by atoms with Crippen LogP contribution in [-0.2, 0) is 9.47 Å². The van der Waals surface area contributed by atoms with E-state index in [9.17, 15) is 20.2 Å². The van der Waals surface area contributed by atoms with Gasteiger partial charge in [-0.3, -0.25) is 5.41 Å². The Kier molecular flexibility index (Phi) is 4.37. The molecule has 2 bridgehead atoms. The topological polar surface area (TPSA) is 114 Å². The average Bonchev–Trinajstić information content (AvgIpc) is 2.93. The van der Waals surface area contributed by atoms with Crippen LogP contribution in [0.3, 0.4) is 0 Å². The normalized spacial score (nSPS) is 36.8. The van der Waals surface area contributed by atoms with Gasteiger partial charge in [0.1, 0.15) is 11.9 Å². The summed E-state index contributed by atoms with van der Waals surface area (Å²) < 4.78 is 26.8. The van der Waals surface area contributed by atoms with Crippen molar-refractivity contribution in [2.24, 2.45) is 22.7 Å². The summed E-state index contributed by atoms with van der Waals surface area (Å²) in [6.45, 7) is 2.08. The molecule has 2 aliphatic heterocycles. The van der Waals surface area contributed by atoms with Gasteiger partial charge in [0.25, 0.3) is 0 Å². The van der Waals surface area contributed by atoms with Crippen molar-refractivity contribution in [3.05, 3.63) is 35.6 Å². The van der Waals surface area contributed by atoms with E-state index >= 15 is 0 Å². The van der Waals surface area contributed by atoms with Crippen molar-refractivity contribution < 1.29 is 13.9 Å². The lowest BCUT2D eigenvalue weighted by atomic mass is 9.50. The van der Waals surface area contributed by atoms with Crippen molar-refractivity contribution in [1.82, 2.24) is 0 Å². The molecule has 1 aromatic rings. The molecule has 1 aliphatic carbocycles. The van der Waals surface area contributed by atoms with Gasteiger partial charge in [0.15, 0.2) is 5.41 Å². The fourth-order valence-electron chi connectivity index (χ4n) is 5.55. The molecule has 3 fully saturated rings. The van der Waals surface area contributed by atoms with E-state index in [0.717, 1.165) is 19.3 Å². The standard InChI is InChI=1S/C22H21FN4O2/c1-2-5-14-8-9-22-17(10-14)21(13-26,19(27)29-22)20(11-24,12-25)18(28-22)15-6-3-4-7-16(15)23/h3-4,6-7,14,17-18,27H,2,5,8-10H2,1H3. The first-order valence-corrected chi connectivity index (χ1v) is 9.88. The largest absolute Gasteiger partial charge is 0.447 e. The van der Waals surface area contributed by atoms with Crippen molar-refractivity contribution in [3.8, 4) is 18.2 Å². The van der Waals surface area contributed by atoms with E-state index in [1.807, 2.05) is 12.1 Å².